The number of rotatable bonds is 6. The van der Waals surface area contributed by atoms with Gasteiger partial charge in [-0.05, 0) is 43.5 Å². The molecule has 4 aromatic rings. The van der Waals surface area contributed by atoms with Crippen LogP contribution in [0.15, 0.2) is 40.9 Å². The zero-order chi connectivity index (χ0) is 21.4. The maximum atomic E-state index is 12.9. The Morgan fingerprint density at radius 1 is 1.10 bits per heavy atom. The van der Waals surface area contributed by atoms with Crippen molar-refractivity contribution in [3.05, 3.63) is 64.7 Å². The zero-order valence-corrected chi connectivity index (χ0v) is 17.7. The normalized spacial score (nSPS) is 11.4. The largest absolute Gasteiger partial charge is 0.360 e. The molecule has 0 saturated carbocycles. The number of tetrazole rings is 1. The van der Waals surface area contributed by atoms with Crippen molar-refractivity contribution in [1.82, 2.24) is 29.9 Å². The summed E-state index contributed by atoms with van der Waals surface area (Å²) in [6.07, 6.45) is 0. The van der Waals surface area contributed by atoms with Gasteiger partial charge in [-0.3, -0.25) is 9.36 Å². The topological polar surface area (TPSA) is 91.6 Å². The number of carbonyl (C=O) groups excluding carboxylic acids is 1. The van der Waals surface area contributed by atoms with Crippen molar-refractivity contribution in [3.63, 3.8) is 0 Å². The van der Waals surface area contributed by atoms with Crippen molar-refractivity contribution < 1.29 is 9.32 Å². The third-order valence-electron chi connectivity index (χ3n) is 5.15. The Kier molecular flexibility index (Phi) is 5.07. The average molecular weight is 404 g/mol. The highest BCUT2D eigenvalue weighted by atomic mass is 16.5. The summed E-state index contributed by atoms with van der Waals surface area (Å²) in [5.41, 5.74) is 4.43. The number of nitrogens with zero attached hydrogens (tertiary/aromatic N) is 6. The fourth-order valence-corrected chi connectivity index (χ4v) is 3.51. The van der Waals surface area contributed by atoms with E-state index in [9.17, 15) is 4.79 Å². The molecule has 0 radical (unpaired) electrons. The number of aryl methyl sites for hydroxylation is 2. The van der Waals surface area contributed by atoms with Gasteiger partial charge in [0.15, 0.2) is 11.6 Å². The molecule has 30 heavy (non-hydrogen) atoms. The van der Waals surface area contributed by atoms with Crippen LogP contribution in [-0.2, 0) is 6.54 Å². The second-order valence-electron chi connectivity index (χ2n) is 7.76. The van der Waals surface area contributed by atoms with Crippen molar-refractivity contribution in [1.29, 1.82) is 0 Å². The van der Waals surface area contributed by atoms with E-state index in [1.54, 1.807) is 0 Å². The van der Waals surface area contributed by atoms with Gasteiger partial charge < -0.3 is 4.52 Å². The first-order valence-electron chi connectivity index (χ1n) is 9.87. The molecule has 0 saturated heterocycles. The molecule has 0 aliphatic heterocycles. The lowest BCUT2D eigenvalue weighted by Gasteiger charge is -2.05. The highest BCUT2D eigenvalue weighted by Gasteiger charge is 2.20. The van der Waals surface area contributed by atoms with E-state index in [-0.39, 0.29) is 12.3 Å². The van der Waals surface area contributed by atoms with Crippen LogP contribution in [0.3, 0.4) is 0 Å². The Hall–Kier alpha value is -3.55. The molecule has 1 aromatic carbocycles. The molecule has 0 atom stereocenters. The van der Waals surface area contributed by atoms with E-state index >= 15 is 0 Å². The third kappa shape index (κ3) is 3.68. The average Bonchev–Trinajstić information content (AvgIpc) is 3.41. The molecule has 8 heteroatoms. The van der Waals surface area contributed by atoms with Gasteiger partial charge in [0.2, 0.25) is 5.82 Å². The van der Waals surface area contributed by atoms with Crippen LogP contribution >= 0.6 is 0 Å². The van der Waals surface area contributed by atoms with E-state index in [0.29, 0.717) is 28.9 Å². The smallest absolute Gasteiger partial charge is 0.204 e. The number of ketones is 1. The first-order chi connectivity index (χ1) is 14.3. The van der Waals surface area contributed by atoms with E-state index in [0.717, 1.165) is 17.0 Å². The minimum Gasteiger partial charge on any atom is -0.360 e. The number of hydrogen-bond acceptors (Lipinski definition) is 6. The van der Waals surface area contributed by atoms with Crippen LogP contribution in [0.1, 0.15) is 52.8 Å². The Bertz CT molecular complexity index is 1200. The summed E-state index contributed by atoms with van der Waals surface area (Å²) in [6, 6.07) is 11.8. The van der Waals surface area contributed by atoms with Crippen LogP contribution < -0.4 is 0 Å². The lowest BCUT2D eigenvalue weighted by molar-refractivity contribution is 0.0961. The van der Waals surface area contributed by atoms with Gasteiger partial charge in [-0.1, -0.05) is 43.3 Å². The van der Waals surface area contributed by atoms with Gasteiger partial charge in [0.1, 0.15) is 12.3 Å². The highest BCUT2D eigenvalue weighted by Crippen LogP contribution is 2.22. The quantitative estimate of drug-likeness (QED) is 0.450. The van der Waals surface area contributed by atoms with E-state index in [4.69, 9.17) is 4.52 Å². The van der Waals surface area contributed by atoms with Gasteiger partial charge in [-0.15, -0.1) is 10.2 Å². The summed E-state index contributed by atoms with van der Waals surface area (Å²) in [5.74, 6) is 2.24. The molecule has 0 bridgehead atoms. The lowest BCUT2D eigenvalue weighted by atomic mass is 10.0. The van der Waals surface area contributed by atoms with E-state index in [2.05, 4.69) is 46.5 Å². The number of Topliss-reactive ketones (excluding diaryl/α,β-unsaturated/α-hetero) is 1. The molecule has 154 valence electrons. The molecule has 3 heterocycles. The predicted octanol–water partition coefficient (Wildman–Crippen LogP) is 4.05. The number of carbonyl (C=O) groups is 1. The minimum absolute atomic E-state index is 0.0131. The maximum absolute atomic E-state index is 12.9. The van der Waals surface area contributed by atoms with Crippen molar-refractivity contribution >= 4 is 5.78 Å². The van der Waals surface area contributed by atoms with E-state index in [1.807, 2.05) is 49.6 Å². The molecule has 3 aromatic heterocycles. The highest BCUT2D eigenvalue weighted by molar-refractivity contribution is 5.97. The van der Waals surface area contributed by atoms with E-state index < -0.39 is 0 Å². The van der Waals surface area contributed by atoms with Crippen LogP contribution in [0, 0.1) is 20.8 Å². The van der Waals surface area contributed by atoms with Crippen molar-refractivity contribution in [2.75, 3.05) is 0 Å². The monoisotopic (exact) mass is 404 g/mol. The maximum Gasteiger partial charge on any atom is 0.204 e. The zero-order valence-electron chi connectivity index (χ0n) is 17.7. The van der Waals surface area contributed by atoms with Gasteiger partial charge >= 0.3 is 0 Å². The Balaban J connectivity index is 1.54. The van der Waals surface area contributed by atoms with Gasteiger partial charge in [-0.2, -0.15) is 4.80 Å². The van der Waals surface area contributed by atoms with Crippen molar-refractivity contribution in [2.45, 2.75) is 47.1 Å². The summed E-state index contributed by atoms with van der Waals surface area (Å²) in [4.78, 5) is 14.3. The van der Waals surface area contributed by atoms with Crippen molar-refractivity contribution in [3.8, 4) is 17.2 Å². The fourth-order valence-electron chi connectivity index (χ4n) is 3.51. The Morgan fingerprint density at radius 3 is 2.47 bits per heavy atom. The predicted molar refractivity (Wildman–Crippen MR) is 112 cm³/mol. The molecule has 0 amide bonds. The van der Waals surface area contributed by atoms with E-state index in [1.165, 1.54) is 10.4 Å². The first-order valence-corrected chi connectivity index (χ1v) is 9.87. The molecular formula is C22H24N6O2. The van der Waals surface area contributed by atoms with Crippen LogP contribution in [0.4, 0.5) is 0 Å². The summed E-state index contributed by atoms with van der Waals surface area (Å²) in [5, 5.41) is 16.6. The second-order valence-corrected chi connectivity index (χ2v) is 7.76. The number of benzene rings is 1. The molecule has 4 rings (SSSR count). The first kappa shape index (κ1) is 19.8. The Morgan fingerprint density at radius 2 is 1.83 bits per heavy atom. The van der Waals surface area contributed by atoms with Crippen LogP contribution in [0.2, 0.25) is 0 Å². The van der Waals surface area contributed by atoms with Gasteiger partial charge in [0.05, 0.1) is 0 Å². The molecule has 0 aliphatic rings. The molecule has 8 nitrogen and oxygen atoms in total. The summed E-state index contributed by atoms with van der Waals surface area (Å²) >= 11 is 0. The summed E-state index contributed by atoms with van der Waals surface area (Å²) < 4.78 is 7.07. The van der Waals surface area contributed by atoms with Gasteiger partial charge in [0.25, 0.3) is 0 Å². The molecule has 0 spiro atoms. The van der Waals surface area contributed by atoms with Gasteiger partial charge in [0, 0.05) is 28.6 Å². The van der Waals surface area contributed by atoms with Crippen LogP contribution in [0.5, 0.6) is 0 Å². The standard InChI is InChI=1S/C22H24N6O2/c1-13(2)17-6-8-18(9-7-17)22-23-26-27(24-22)12-20(29)19-10-14(3)28(16(19)5)21-11-15(4)30-25-21/h6-11,13H,12H2,1-5H3. The molecule has 0 unspecified atom stereocenters. The molecule has 0 N–H and O–H groups in total. The molecule has 0 aliphatic carbocycles. The summed E-state index contributed by atoms with van der Waals surface area (Å²) in [7, 11) is 0. The van der Waals surface area contributed by atoms with Crippen LogP contribution in [-0.4, -0.2) is 35.7 Å². The number of aromatic nitrogens is 6. The SMILES string of the molecule is Cc1cc(-n2c(C)cc(C(=O)Cn3nnc(-c4ccc(C(C)C)cc4)n3)c2C)no1. The van der Waals surface area contributed by atoms with Crippen molar-refractivity contribution in [2.24, 2.45) is 0 Å². The minimum atomic E-state index is -0.0892. The van der Waals surface area contributed by atoms with Crippen LogP contribution in [0.25, 0.3) is 17.2 Å². The Labute approximate surface area is 174 Å². The number of hydrogen-bond donors (Lipinski definition) is 0. The molecular weight excluding hydrogens is 380 g/mol. The lowest BCUT2D eigenvalue weighted by Crippen LogP contribution is -2.14. The summed E-state index contributed by atoms with van der Waals surface area (Å²) in [6.45, 7) is 9.97. The fraction of sp³-hybridized carbons (Fsp3) is 0.318. The molecule has 0 fully saturated rings. The van der Waals surface area contributed by atoms with Gasteiger partial charge in [-0.25, -0.2) is 0 Å². The second kappa shape index (κ2) is 7.70. The third-order valence-corrected chi connectivity index (χ3v) is 5.15.